The maximum absolute atomic E-state index is 13.5. The second kappa shape index (κ2) is 9.60. The Morgan fingerprint density at radius 3 is 2.57 bits per heavy atom. The van der Waals surface area contributed by atoms with Gasteiger partial charge in [0.25, 0.3) is 0 Å². The molecule has 0 atom stereocenters. The summed E-state index contributed by atoms with van der Waals surface area (Å²) in [5, 5.41) is 6.31. The molecule has 0 saturated heterocycles. The number of carbonyl (C=O) groups excluding carboxylic acids is 1. The SMILES string of the molecule is O=C(CCc1cc(F)ccc1F)NCCNC1CCCCCC1. The van der Waals surface area contributed by atoms with Crippen LogP contribution < -0.4 is 10.6 Å². The van der Waals surface area contributed by atoms with Crippen LogP contribution in [0.4, 0.5) is 8.78 Å². The van der Waals surface area contributed by atoms with Crippen LogP contribution in [0.15, 0.2) is 18.2 Å². The van der Waals surface area contributed by atoms with E-state index < -0.39 is 11.6 Å². The number of benzene rings is 1. The fourth-order valence-electron chi connectivity index (χ4n) is 3.03. The molecule has 1 aliphatic rings. The molecule has 3 nitrogen and oxygen atoms in total. The van der Waals surface area contributed by atoms with Gasteiger partial charge in [-0.05, 0) is 43.0 Å². The van der Waals surface area contributed by atoms with E-state index in [0.29, 0.717) is 12.6 Å². The molecule has 0 heterocycles. The maximum atomic E-state index is 13.5. The Morgan fingerprint density at radius 1 is 1.09 bits per heavy atom. The van der Waals surface area contributed by atoms with Crippen molar-refractivity contribution in [2.24, 2.45) is 0 Å². The average Bonchev–Trinajstić information content (AvgIpc) is 2.81. The van der Waals surface area contributed by atoms with Crippen LogP contribution in [-0.2, 0) is 11.2 Å². The van der Waals surface area contributed by atoms with E-state index in [1.54, 1.807) is 0 Å². The molecule has 23 heavy (non-hydrogen) atoms. The normalized spacial score (nSPS) is 16.1. The van der Waals surface area contributed by atoms with Crippen LogP contribution in [0.5, 0.6) is 0 Å². The summed E-state index contributed by atoms with van der Waals surface area (Å²) in [6.07, 6.45) is 8.03. The third-order valence-electron chi connectivity index (χ3n) is 4.36. The maximum Gasteiger partial charge on any atom is 0.220 e. The molecule has 1 fully saturated rings. The third kappa shape index (κ3) is 6.65. The van der Waals surface area contributed by atoms with Gasteiger partial charge in [-0.15, -0.1) is 0 Å². The molecule has 2 rings (SSSR count). The molecule has 0 unspecified atom stereocenters. The molecule has 1 amide bonds. The molecular formula is C18H26F2N2O. The van der Waals surface area contributed by atoms with Gasteiger partial charge in [0.2, 0.25) is 5.91 Å². The molecule has 128 valence electrons. The third-order valence-corrected chi connectivity index (χ3v) is 4.36. The van der Waals surface area contributed by atoms with E-state index in [4.69, 9.17) is 0 Å². The Balaban J connectivity index is 1.60. The van der Waals surface area contributed by atoms with Crippen LogP contribution in [0.25, 0.3) is 0 Å². The van der Waals surface area contributed by atoms with Crippen LogP contribution in [0, 0.1) is 11.6 Å². The average molecular weight is 324 g/mol. The number of hydrogen-bond acceptors (Lipinski definition) is 2. The van der Waals surface area contributed by atoms with Gasteiger partial charge in [-0.2, -0.15) is 0 Å². The highest BCUT2D eigenvalue weighted by Crippen LogP contribution is 2.16. The highest BCUT2D eigenvalue weighted by atomic mass is 19.1. The van der Waals surface area contributed by atoms with Crippen molar-refractivity contribution < 1.29 is 13.6 Å². The molecule has 5 heteroatoms. The molecule has 2 N–H and O–H groups in total. The summed E-state index contributed by atoms with van der Waals surface area (Å²) in [6, 6.07) is 3.89. The monoisotopic (exact) mass is 324 g/mol. The highest BCUT2D eigenvalue weighted by molar-refractivity contribution is 5.76. The molecule has 0 bridgehead atoms. The zero-order valence-corrected chi connectivity index (χ0v) is 13.5. The first kappa shape index (κ1) is 17.9. The predicted molar refractivity (Wildman–Crippen MR) is 87.2 cm³/mol. The van der Waals surface area contributed by atoms with Gasteiger partial charge in [-0.3, -0.25) is 4.79 Å². The quantitative estimate of drug-likeness (QED) is 0.597. The Morgan fingerprint density at radius 2 is 1.83 bits per heavy atom. The fourth-order valence-corrected chi connectivity index (χ4v) is 3.03. The zero-order chi connectivity index (χ0) is 16.5. The Kier molecular flexibility index (Phi) is 7.46. The lowest BCUT2D eigenvalue weighted by molar-refractivity contribution is -0.121. The Hall–Kier alpha value is -1.49. The number of hydrogen-bond donors (Lipinski definition) is 2. The van der Waals surface area contributed by atoms with Gasteiger partial charge in [0.1, 0.15) is 11.6 Å². The first-order valence-corrected chi connectivity index (χ1v) is 8.59. The van der Waals surface area contributed by atoms with Crippen molar-refractivity contribution in [3.63, 3.8) is 0 Å². The van der Waals surface area contributed by atoms with E-state index >= 15 is 0 Å². The topological polar surface area (TPSA) is 41.1 Å². The first-order valence-electron chi connectivity index (χ1n) is 8.59. The second-order valence-electron chi connectivity index (χ2n) is 6.23. The molecular weight excluding hydrogens is 298 g/mol. The number of nitrogens with one attached hydrogen (secondary N) is 2. The van der Waals surface area contributed by atoms with Gasteiger partial charge in [0.05, 0.1) is 0 Å². The predicted octanol–water partition coefficient (Wildman–Crippen LogP) is 3.33. The van der Waals surface area contributed by atoms with Crippen molar-refractivity contribution in [2.75, 3.05) is 13.1 Å². The van der Waals surface area contributed by atoms with E-state index in [1.165, 1.54) is 38.5 Å². The molecule has 0 aliphatic heterocycles. The highest BCUT2D eigenvalue weighted by Gasteiger charge is 2.11. The lowest BCUT2D eigenvalue weighted by Crippen LogP contribution is -2.36. The molecule has 1 aromatic carbocycles. The lowest BCUT2D eigenvalue weighted by Gasteiger charge is -2.16. The molecule has 0 radical (unpaired) electrons. The fraction of sp³-hybridized carbons (Fsp3) is 0.611. The summed E-state index contributed by atoms with van der Waals surface area (Å²) in [7, 11) is 0. The van der Waals surface area contributed by atoms with E-state index in [2.05, 4.69) is 10.6 Å². The zero-order valence-electron chi connectivity index (χ0n) is 13.5. The van der Waals surface area contributed by atoms with Crippen LogP contribution >= 0.6 is 0 Å². The van der Waals surface area contributed by atoms with Crippen LogP contribution in [0.2, 0.25) is 0 Å². The number of aryl methyl sites for hydroxylation is 1. The van der Waals surface area contributed by atoms with Gasteiger partial charge in [0.15, 0.2) is 0 Å². The minimum absolute atomic E-state index is 0.128. The number of amides is 1. The van der Waals surface area contributed by atoms with Crippen LogP contribution in [-0.4, -0.2) is 25.0 Å². The summed E-state index contributed by atoms with van der Waals surface area (Å²) in [5.41, 5.74) is 0.247. The molecule has 0 aromatic heterocycles. The van der Waals surface area contributed by atoms with E-state index in [9.17, 15) is 13.6 Å². The molecule has 1 aliphatic carbocycles. The number of carbonyl (C=O) groups is 1. The molecule has 1 aromatic rings. The summed E-state index contributed by atoms with van der Waals surface area (Å²) < 4.78 is 26.5. The van der Waals surface area contributed by atoms with Crippen molar-refractivity contribution in [1.29, 1.82) is 0 Å². The van der Waals surface area contributed by atoms with Crippen LogP contribution in [0.3, 0.4) is 0 Å². The van der Waals surface area contributed by atoms with Crippen molar-refractivity contribution >= 4 is 5.91 Å². The van der Waals surface area contributed by atoms with Crippen LogP contribution in [0.1, 0.15) is 50.5 Å². The van der Waals surface area contributed by atoms with E-state index in [1.807, 2.05) is 0 Å². The lowest BCUT2D eigenvalue weighted by atomic mass is 10.1. The van der Waals surface area contributed by atoms with Gasteiger partial charge >= 0.3 is 0 Å². The van der Waals surface area contributed by atoms with Gasteiger partial charge in [-0.1, -0.05) is 25.7 Å². The van der Waals surface area contributed by atoms with Gasteiger partial charge in [-0.25, -0.2) is 8.78 Å². The molecule has 0 spiro atoms. The van der Waals surface area contributed by atoms with E-state index in [0.717, 1.165) is 24.7 Å². The Bertz CT molecular complexity index is 500. The van der Waals surface area contributed by atoms with Crippen molar-refractivity contribution in [2.45, 2.75) is 57.4 Å². The standard InChI is InChI=1S/C18H26F2N2O/c19-15-8-9-17(20)14(13-15)7-10-18(23)22-12-11-21-16-5-3-1-2-4-6-16/h8-9,13,16,21H,1-7,10-12H2,(H,22,23). The minimum Gasteiger partial charge on any atom is -0.355 e. The summed E-state index contributed by atoms with van der Waals surface area (Å²) in [6.45, 7) is 1.33. The first-order chi connectivity index (χ1) is 11.1. The summed E-state index contributed by atoms with van der Waals surface area (Å²) >= 11 is 0. The second-order valence-corrected chi connectivity index (χ2v) is 6.23. The summed E-state index contributed by atoms with van der Waals surface area (Å²) in [5.74, 6) is -1.07. The van der Waals surface area contributed by atoms with E-state index in [-0.39, 0.29) is 24.3 Å². The minimum atomic E-state index is -0.477. The molecule has 1 saturated carbocycles. The van der Waals surface area contributed by atoms with Crippen molar-refractivity contribution in [3.05, 3.63) is 35.4 Å². The number of halogens is 2. The summed E-state index contributed by atoms with van der Waals surface area (Å²) in [4.78, 5) is 11.8. The van der Waals surface area contributed by atoms with Crippen molar-refractivity contribution in [3.8, 4) is 0 Å². The smallest absolute Gasteiger partial charge is 0.220 e. The van der Waals surface area contributed by atoms with Gasteiger partial charge < -0.3 is 10.6 Å². The van der Waals surface area contributed by atoms with Crippen molar-refractivity contribution in [1.82, 2.24) is 10.6 Å². The largest absolute Gasteiger partial charge is 0.355 e. The van der Waals surface area contributed by atoms with Gasteiger partial charge in [0, 0.05) is 25.6 Å². The number of rotatable bonds is 7. The Labute approximate surface area is 136 Å².